The Kier molecular flexibility index (Phi) is 2.33. The Labute approximate surface area is 53.0 Å². The second-order valence-corrected chi connectivity index (χ2v) is 2.22. The van der Waals surface area contributed by atoms with Gasteiger partial charge in [-0.3, -0.25) is 4.79 Å². The van der Waals surface area contributed by atoms with E-state index < -0.39 is 11.5 Å². The lowest BCUT2D eigenvalue weighted by Crippen LogP contribution is -2.42. The largest absolute Gasteiger partial charge is 0.394 e. The topological polar surface area (TPSA) is 69.4 Å². The van der Waals surface area contributed by atoms with Crippen LogP contribution in [0, 0.1) is 0 Å². The first-order chi connectivity index (χ1) is 3.98. The maximum atomic E-state index is 10.5. The first kappa shape index (κ1) is 8.10. The molecule has 0 unspecified atom stereocenters. The molecule has 0 aliphatic rings. The van der Waals surface area contributed by atoms with Crippen LogP contribution in [0.15, 0.2) is 0 Å². The molecule has 0 bridgehead atoms. The molecule has 0 saturated heterocycles. The summed E-state index contributed by atoms with van der Waals surface area (Å²) in [5.41, 5.74) is 4.15. The number of ether oxygens (including phenoxy) is 1. The Bertz CT molecular complexity index is 125. The zero-order chi connectivity index (χ0) is 7.49. The molecule has 0 radical (unpaired) electrons. The lowest BCUT2D eigenvalue weighted by Gasteiger charge is -2.12. The van der Waals surface area contributed by atoms with Crippen LogP contribution in [0.25, 0.3) is 0 Å². The molecule has 4 heteroatoms. The second kappa shape index (κ2) is 2.59. The van der Waals surface area contributed by atoms with Crippen LogP contribution in [0.3, 0.4) is 0 Å². The van der Waals surface area contributed by atoms with E-state index in [9.17, 15) is 9.59 Å². The fourth-order valence-corrected chi connectivity index (χ4v) is 0.196. The first-order valence-corrected chi connectivity index (χ1v) is 2.42. The van der Waals surface area contributed by atoms with Gasteiger partial charge in [0.05, 0.1) is 0 Å². The lowest BCUT2D eigenvalue weighted by atomic mass is 10.1. The van der Waals surface area contributed by atoms with Gasteiger partial charge in [0.15, 0.2) is 0 Å². The third-order valence-electron chi connectivity index (χ3n) is 0.681. The summed E-state index contributed by atoms with van der Waals surface area (Å²) in [7, 11) is 0. The van der Waals surface area contributed by atoms with Crippen LogP contribution in [-0.4, -0.2) is 18.0 Å². The molecular formula is C5H9NO3. The molecule has 9 heavy (non-hydrogen) atoms. The summed E-state index contributed by atoms with van der Waals surface area (Å²) in [5.74, 6) is -0.725. The van der Waals surface area contributed by atoms with Gasteiger partial charge >= 0.3 is 12.4 Å². The summed E-state index contributed by atoms with van der Waals surface area (Å²) in [6.07, 6.45) is 0. The molecule has 0 spiro atoms. The van der Waals surface area contributed by atoms with Crippen molar-refractivity contribution in [1.82, 2.24) is 0 Å². The third kappa shape index (κ3) is 2.81. The van der Waals surface area contributed by atoms with Crippen molar-refractivity contribution < 1.29 is 14.3 Å². The van der Waals surface area contributed by atoms with Crippen LogP contribution in [0.4, 0.5) is 0 Å². The molecule has 2 N–H and O–H groups in total. The molecule has 0 aromatic rings. The zero-order valence-corrected chi connectivity index (χ0v) is 5.38. The number of carbonyl (C=O) groups is 2. The molecule has 0 amide bonds. The average molecular weight is 131 g/mol. The summed E-state index contributed by atoms with van der Waals surface area (Å²) in [6, 6.07) is 0. The van der Waals surface area contributed by atoms with E-state index in [-0.39, 0.29) is 6.47 Å². The normalized spacial score (nSPS) is 10.6. The van der Waals surface area contributed by atoms with Crippen molar-refractivity contribution in [3.63, 3.8) is 0 Å². The molecule has 0 rings (SSSR count). The molecule has 0 aromatic heterocycles. The third-order valence-corrected chi connectivity index (χ3v) is 0.681. The van der Waals surface area contributed by atoms with Crippen molar-refractivity contribution in [2.45, 2.75) is 19.4 Å². The maximum Gasteiger partial charge on any atom is 0.332 e. The van der Waals surface area contributed by atoms with E-state index in [1.165, 1.54) is 13.8 Å². The minimum Gasteiger partial charge on any atom is -0.394 e. The summed E-state index contributed by atoms with van der Waals surface area (Å²) >= 11 is 0. The number of nitrogens with two attached hydrogens (primary N) is 1. The molecule has 0 aromatic carbocycles. The Morgan fingerprint density at radius 1 is 1.67 bits per heavy atom. The predicted octanol–water partition coefficient (Wildman–Crippen LogP) is -0.577. The van der Waals surface area contributed by atoms with Gasteiger partial charge in [-0.2, -0.15) is 0 Å². The van der Waals surface area contributed by atoms with E-state index in [1.54, 1.807) is 0 Å². The van der Waals surface area contributed by atoms with Crippen molar-refractivity contribution in [2.24, 2.45) is 5.73 Å². The summed E-state index contributed by atoms with van der Waals surface area (Å²) in [5, 5.41) is 0. The van der Waals surface area contributed by atoms with Crippen LogP contribution in [-0.2, 0) is 14.3 Å². The highest BCUT2D eigenvalue weighted by Gasteiger charge is 2.23. The van der Waals surface area contributed by atoms with E-state index in [2.05, 4.69) is 4.74 Å². The van der Waals surface area contributed by atoms with Gasteiger partial charge in [-0.05, 0) is 13.8 Å². The number of esters is 1. The zero-order valence-electron chi connectivity index (χ0n) is 5.38. The van der Waals surface area contributed by atoms with Gasteiger partial charge < -0.3 is 10.5 Å². The second-order valence-electron chi connectivity index (χ2n) is 2.22. The Morgan fingerprint density at radius 3 is 2.22 bits per heavy atom. The monoisotopic (exact) mass is 131 g/mol. The van der Waals surface area contributed by atoms with E-state index in [0.717, 1.165) is 0 Å². The van der Waals surface area contributed by atoms with E-state index in [4.69, 9.17) is 5.73 Å². The number of carbonyl (C=O) groups excluding carboxylic acids is 2. The molecule has 0 fully saturated rings. The Hall–Kier alpha value is -0.900. The fourth-order valence-electron chi connectivity index (χ4n) is 0.196. The smallest absolute Gasteiger partial charge is 0.332 e. The molecule has 0 atom stereocenters. The number of rotatable bonds is 2. The number of hydrogen-bond donors (Lipinski definition) is 1. The van der Waals surface area contributed by atoms with Gasteiger partial charge in [-0.1, -0.05) is 0 Å². The summed E-state index contributed by atoms with van der Waals surface area (Å²) in [6.45, 7) is 2.98. The molecular weight excluding hydrogens is 122 g/mol. The molecule has 0 heterocycles. The maximum absolute atomic E-state index is 10.5. The molecule has 0 aliphatic heterocycles. The Morgan fingerprint density at radius 2 is 2.11 bits per heavy atom. The SMILES string of the molecule is CC(C)(N)C(=O)OC=O. The highest BCUT2D eigenvalue weighted by Crippen LogP contribution is 1.97. The standard InChI is InChI=1S/C5H9NO3/c1-5(2,6)4(8)9-3-7/h3H,6H2,1-2H3. The van der Waals surface area contributed by atoms with E-state index >= 15 is 0 Å². The summed E-state index contributed by atoms with van der Waals surface area (Å²) < 4.78 is 3.96. The van der Waals surface area contributed by atoms with Crippen molar-refractivity contribution in [3.05, 3.63) is 0 Å². The average Bonchev–Trinajstić information content (AvgIpc) is 1.64. The molecule has 52 valence electrons. The van der Waals surface area contributed by atoms with Gasteiger partial charge in [0, 0.05) is 0 Å². The van der Waals surface area contributed by atoms with Crippen LogP contribution < -0.4 is 5.73 Å². The first-order valence-electron chi connectivity index (χ1n) is 2.42. The van der Waals surface area contributed by atoms with Gasteiger partial charge in [0.25, 0.3) is 0 Å². The van der Waals surface area contributed by atoms with Gasteiger partial charge in [0.2, 0.25) is 0 Å². The Balaban J connectivity index is 3.88. The predicted molar refractivity (Wildman–Crippen MR) is 30.4 cm³/mol. The van der Waals surface area contributed by atoms with Gasteiger partial charge in [-0.15, -0.1) is 0 Å². The highest BCUT2D eigenvalue weighted by atomic mass is 16.6. The van der Waals surface area contributed by atoms with Crippen LogP contribution in [0.1, 0.15) is 13.8 Å². The minimum absolute atomic E-state index is 0.0664. The van der Waals surface area contributed by atoms with Crippen LogP contribution in [0.2, 0.25) is 0 Å². The van der Waals surface area contributed by atoms with Crippen LogP contribution in [0.5, 0.6) is 0 Å². The van der Waals surface area contributed by atoms with Crippen molar-refractivity contribution in [3.8, 4) is 0 Å². The molecule has 0 saturated carbocycles. The number of hydrogen-bond acceptors (Lipinski definition) is 4. The van der Waals surface area contributed by atoms with Crippen molar-refractivity contribution >= 4 is 12.4 Å². The van der Waals surface area contributed by atoms with Crippen molar-refractivity contribution in [2.75, 3.05) is 0 Å². The minimum atomic E-state index is -1.08. The van der Waals surface area contributed by atoms with Gasteiger partial charge in [0.1, 0.15) is 5.54 Å². The quantitative estimate of drug-likeness (QED) is 0.309. The molecule has 0 aliphatic carbocycles. The lowest BCUT2D eigenvalue weighted by molar-refractivity contribution is -0.155. The van der Waals surface area contributed by atoms with Crippen molar-refractivity contribution in [1.29, 1.82) is 0 Å². The van der Waals surface area contributed by atoms with E-state index in [0.29, 0.717) is 0 Å². The van der Waals surface area contributed by atoms with E-state index in [1.807, 2.05) is 0 Å². The highest BCUT2D eigenvalue weighted by molar-refractivity contribution is 5.84. The molecule has 4 nitrogen and oxygen atoms in total. The summed E-state index contributed by atoms with van der Waals surface area (Å²) in [4.78, 5) is 20.0. The fraction of sp³-hybridized carbons (Fsp3) is 0.600. The van der Waals surface area contributed by atoms with Crippen LogP contribution >= 0.6 is 0 Å². The van der Waals surface area contributed by atoms with Gasteiger partial charge in [-0.25, -0.2) is 4.79 Å².